The summed E-state index contributed by atoms with van der Waals surface area (Å²) >= 11 is 0. The van der Waals surface area contributed by atoms with Crippen LogP contribution in [0.4, 0.5) is 4.79 Å². The van der Waals surface area contributed by atoms with E-state index in [1.54, 1.807) is 12.1 Å². The van der Waals surface area contributed by atoms with E-state index in [1.165, 1.54) is 0 Å². The van der Waals surface area contributed by atoms with Gasteiger partial charge < -0.3 is 10.1 Å². The number of carbonyl (C=O) groups excluding carboxylic acids is 1. The van der Waals surface area contributed by atoms with Crippen molar-refractivity contribution in [1.82, 2.24) is 15.2 Å². The first-order chi connectivity index (χ1) is 11.3. The molecule has 1 saturated heterocycles. The van der Waals surface area contributed by atoms with Gasteiger partial charge in [-0.25, -0.2) is 4.79 Å². The summed E-state index contributed by atoms with van der Waals surface area (Å²) in [5.41, 5.74) is 1.09. The Hall–Kier alpha value is -2.40. The smallest absolute Gasteiger partial charge is 0.410 e. The van der Waals surface area contributed by atoms with Crippen molar-refractivity contribution in [2.45, 2.75) is 25.4 Å². The van der Waals surface area contributed by atoms with Crippen molar-refractivity contribution in [2.75, 3.05) is 13.1 Å². The zero-order valence-corrected chi connectivity index (χ0v) is 13.0. The van der Waals surface area contributed by atoms with Gasteiger partial charge in [-0.1, -0.05) is 24.3 Å². The van der Waals surface area contributed by atoms with E-state index in [0.717, 1.165) is 38.2 Å². The van der Waals surface area contributed by atoms with Crippen LogP contribution in [0.5, 0.6) is 5.75 Å². The molecule has 1 aliphatic rings. The molecule has 1 N–H and O–H groups in total. The Labute approximate surface area is 136 Å². The number of carbonyl (C=O) groups is 1. The lowest BCUT2D eigenvalue weighted by Gasteiger charge is -2.31. The number of pyridine rings is 1. The van der Waals surface area contributed by atoms with Crippen molar-refractivity contribution < 1.29 is 9.53 Å². The fourth-order valence-corrected chi connectivity index (χ4v) is 2.75. The van der Waals surface area contributed by atoms with Gasteiger partial charge in [0.05, 0.1) is 5.69 Å². The monoisotopic (exact) mass is 311 g/mol. The average Bonchev–Trinajstić information content (AvgIpc) is 2.58. The molecular weight excluding hydrogens is 290 g/mol. The summed E-state index contributed by atoms with van der Waals surface area (Å²) in [5, 5.41) is 2.95. The Balaban J connectivity index is 1.41. The zero-order valence-electron chi connectivity index (χ0n) is 13.0. The predicted octanol–water partition coefficient (Wildman–Crippen LogP) is 2.83. The number of aromatic nitrogens is 1. The van der Waals surface area contributed by atoms with Crippen molar-refractivity contribution in [2.24, 2.45) is 0 Å². The van der Waals surface area contributed by atoms with E-state index in [4.69, 9.17) is 4.74 Å². The van der Waals surface area contributed by atoms with Gasteiger partial charge in [0.2, 0.25) is 0 Å². The lowest BCUT2D eigenvalue weighted by atomic mass is 10.1. The molecule has 0 spiro atoms. The van der Waals surface area contributed by atoms with E-state index in [9.17, 15) is 4.79 Å². The van der Waals surface area contributed by atoms with E-state index in [-0.39, 0.29) is 12.1 Å². The Morgan fingerprint density at radius 2 is 1.87 bits per heavy atom. The normalized spacial score (nSPS) is 16.0. The average molecular weight is 311 g/mol. The number of hydrogen-bond acceptors (Lipinski definition) is 4. The van der Waals surface area contributed by atoms with Crippen molar-refractivity contribution in [3.05, 3.63) is 60.4 Å². The number of likely N-dealkylation sites (tertiary alicyclic amines) is 1. The lowest BCUT2D eigenvalue weighted by molar-refractivity contribution is 0.168. The molecule has 2 heterocycles. The molecule has 5 heteroatoms. The number of nitrogens with one attached hydrogen (secondary N) is 1. The molecule has 1 aromatic heterocycles. The maximum absolute atomic E-state index is 11.9. The fraction of sp³-hybridized carbons (Fsp3) is 0.333. The van der Waals surface area contributed by atoms with Crippen LogP contribution in [0.25, 0.3) is 0 Å². The van der Waals surface area contributed by atoms with Gasteiger partial charge in [-0.3, -0.25) is 9.88 Å². The highest BCUT2D eigenvalue weighted by Gasteiger charge is 2.21. The van der Waals surface area contributed by atoms with Crippen LogP contribution in [0.3, 0.4) is 0 Å². The standard InChI is InChI=1S/C18H21N3O2/c22-18(23-17-7-2-1-3-8-17)20-15-9-12-21(13-10-15)14-16-6-4-5-11-19-16/h1-8,11,15H,9-10,12-14H2,(H,20,22). The molecule has 0 aliphatic carbocycles. The molecule has 0 unspecified atom stereocenters. The van der Waals surface area contributed by atoms with Gasteiger partial charge in [0, 0.05) is 31.9 Å². The maximum Gasteiger partial charge on any atom is 0.412 e. The third kappa shape index (κ3) is 4.79. The Kier molecular flexibility index (Phi) is 5.21. The van der Waals surface area contributed by atoms with E-state index in [1.807, 2.05) is 42.6 Å². The second kappa shape index (κ2) is 7.74. The van der Waals surface area contributed by atoms with Gasteiger partial charge in [-0.05, 0) is 37.1 Å². The molecule has 1 aromatic carbocycles. The van der Waals surface area contributed by atoms with Crippen LogP contribution >= 0.6 is 0 Å². The Bertz CT molecular complexity index is 611. The molecule has 5 nitrogen and oxygen atoms in total. The third-order valence-electron chi connectivity index (χ3n) is 3.98. The molecule has 0 saturated carbocycles. The predicted molar refractivity (Wildman–Crippen MR) is 88.1 cm³/mol. The fourth-order valence-electron chi connectivity index (χ4n) is 2.75. The summed E-state index contributed by atoms with van der Waals surface area (Å²) in [6.07, 6.45) is 3.30. The number of hydrogen-bond donors (Lipinski definition) is 1. The first kappa shape index (κ1) is 15.5. The first-order valence-electron chi connectivity index (χ1n) is 7.95. The zero-order chi connectivity index (χ0) is 15.9. The number of rotatable bonds is 4. The minimum absolute atomic E-state index is 0.172. The van der Waals surface area contributed by atoms with Crippen molar-refractivity contribution >= 4 is 6.09 Å². The SMILES string of the molecule is O=C(NC1CCN(Cc2ccccn2)CC1)Oc1ccccc1. The molecule has 0 atom stereocenters. The highest BCUT2D eigenvalue weighted by atomic mass is 16.6. The first-order valence-corrected chi connectivity index (χ1v) is 7.95. The van der Waals surface area contributed by atoms with Crippen LogP contribution in [-0.4, -0.2) is 35.1 Å². The maximum atomic E-state index is 11.9. The number of piperidine rings is 1. The molecular formula is C18H21N3O2. The van der Waals surface area contributed by atoms with E-state index in [0.29, 0.717) is 5.75 Å². The van der Waals surface area contributed by atoms with Crippen LogP contribution in [0.2, 0.25) is 0 Å². The quantitative estimate of drug-likeness (QED) is 0.943. The van der Waals surface area contributed by atoms with Crippen LogP contribution in [-0.2, 0) is 6.54 Å². The van der Waals surface area contributed by atoms with Crippen molar-refractivity contribution in [1.29, 1.82) is 0 Å². The van der Waals surface area contributed by atoms with Gasteiger partial charge in [-0.2, -0.15) is 0 Å². The summed E-state index contributed by atoms with van der Waals surface area (Å²) in [6.45, 7) is 2.77. The summed E-state index contributed by atoms with van der Waals surface area (Å²) in [4.78, 5) is 18.6. The second-order valence-electron chi connectivity index (χ2n) is 5.72. The van der Waals surface area contributed by atoms with E-state index >= 15 is 0 Å². The van der Waals surface area contributed by atoms with Crippen LogP contribution < -0.4 is 10.1 Å². The molecule has 0 radical (unpaired) electrons. The Morgan fingerprint density at radius 3 is 2.57 bits per heavy atom. The second-order valence-corrected chi connectivity index (χ2v) is 5.72. The van der Waals surface area contributed by atoms with Crippen LogP contribution in [0.15, 0.2) is 54.7 Å². The summed E-state index contributed by atoms with van der Waals surface area (Å²) in [7, 11) is 0. The molecule has 2 aromatic rings. The largest absolute Gasteiger partial charge is 0.412 e. The summed E-state index contributed by atoms with van der Waals surface area (Å²) in [6, 6.07) is 15.3. The van der Waals surface area contributed by atoms with Crippen LogP contribution in [0, 0.1) is 0 Å². The molecule has 1 aliphatic heterocycles. The van der Waals surface area contributed by atoms with E-state index in [2.05, 4.69) is 15.2 Å². The highest BCUT2D eigenvalue weighted by Crippen LogP contribution is 2.14. The third-order valence-corrected chi connectivity index (χ3v) is 3.98. The molecule has 1 amide bonds. The molecule has 120 valence electrons. The molecule has 0 bridgehead atoms. The summed E-state index contributed by atoms with van der Waals surface area (Å²) < 4.78 is 5.27. The topological polar surface area (TPSA) is 54.5 Å². The minimum atomic E-state index is -0.376. The van der Waals surface area contributed by atoms with Crippen LogP contribution in [0.1, 0.15) is 18.5 Å². The minimum Gasteiger partial charge on any atom is -0.410 e. The number of ether oxygens (including phenoxy) is 1. The number of para-hydroxylation sites is 1. The van der Waals surface area contributed by atoms with Crippen molar-refractivity contribution in [3.63, 3.8) is 0 Å². The molecule has 3 rings (SSSR count). The van der Waals surface area contributed by atoms with Crippen molar-refractivity contribution in [3.8, 4) is 5.75 Å². The van der Waals surface area contributed by atoms with Gasteiger partial charge in [0.15, 0.2) is 0 Å². The Morgan fingerprint density at radius 1 is 1.13 bits per heavy atom. The molecule has 1 fully saturated rings. The van der Waals surface area contributed by atoms with Gasteiger partial charge in [-0.15, -0.1) is 0 Å². The lowest BCUT2D eigenvalue weighted by Crippen LogP contribution is -2.45. The molecule has 23 heavy (non-hydrogen) atoms. The van der Waals surface area contributed by atoms with Gasteiger partial charge in [0.1, 0.15) is 5.75 Å². The summed E-state index contributed by atoms with van der Waals surface area (Å²) in [5.74, 6) is 0.567. The highest BCUT2D eigenvalue weighted by molar-refractivity contribution is 5.70. The number of amides is 1. The number of nitrogens with zero attached hydrogens (tertiary/aromatic N) is 2. The van der Waals surface area contributed by atoms with E-state index < -0.39 is 0 Å². The van der Waals surface area contributed by atoms with Gasteiger partial charge >= 0.3 is 6.09 Å². The van der Waals surface area contributed by atoms with Gasteiger partial charge in [0.25, 0.3) is 0 Å². The number of benzene rings is 1.